The second-order valence-corrected chi connectivity index (χ2v) is 4.31. The summed E-state index contributed by atoms with van der Waals surface area (Å²) in [5, 5.41) is 6.81. The Morgan fingerprint density at radius 2 is 2.47 bits per heavy atom. The maximum Gasteiger partial charge on any atom is 0.125 e. The van der Waals surface area contributed by atoms with Crippen molar-refractivity contribution in [2.24, 2.45) is 5.92 Å². The first-order valence-electron chi connectivity index (χ1n) is 5.72. The molecule has 0 unspecified atom stereocenters. The number of aryl methyl sites for hydroxylation is 1. The largest absolute Gasteiger partial charge is 0.370 e. The standard InChI is InChI=1S/C12H19N3/c1-10-4-5-12(14-7-10)15-9-11-3-2-6-13-8-11/h4-5,7,11,13H,2-3,6,8-9H2,1H3,(H,14,15)/t11-/m1/s1. The summed E-state index contributed by atoms with van der Waals surface area (Å²) in [5.41, 5.74) is 1.21. The Balaban J connectivity index is 1.79. The Hall–Kier alpha value is -1.09. The van der Waals surface area contributed by atoms with Crippen LogP contribution in [0.1, 0.15) is 18.4 Å². The van der Waals surface area contributed by atoms with Crippen LogP contribution < -0.4 is 10.6 Å². The van der Waals surface area contributed by atoms with Gasteiger partial charge in [-0.15, -0.1) is 0 Å². The lowest BCUT2D eigenvalue weighted by Gasteiger charge is -2.23. The third-order valence-electron chi connectivity index (χ3n) is 2.88. The molecule has 2 rings (SSSR count). The van der Waals surface area contributed by atoms with Gasteiger partial charge in [-0.25, -0.2) is 4.98 Å². The van der Waals surface area contributed by atoms with Gasteiger partial charge in [-0.05, 0) is 50.4 Å². The minimum atomic E-state index is 0.752. The summed E-state index contributed by atoms with van der Waals surface area (Å²) in [7, 11) is 0. The number of rotatable bonds is 3. The number of hydrogen-bond acceptors (Lipinski definition) is 3. The molecule has 3 nitrogen and oxygen atoms in total. The number of hydrogen-bond donors (Lipinski definition) is 2. The van der Waals surface area contributed by atoms with Crippen LogP contribution in [-0.4, -0.2) is 24.6 Å². The fraction of sp³-hybridized carbons (Fsp3) is 0.583. The van der Waals surface area contributed by atoms with Crippen LogP contribution in [0, 0.1) is 12.8 Å². The summed E-state index contributed by atoms with van der Waals surface area (Å²) >= 11 is 0. The van der Waals surface area contributed by atoms with Gasteiger partial charge < -0.3 is 10.6 Å². The van der Waals surface area contributed by atoms with Gasteiger partial charge in [0.1, 0.15) is 5.82 Å². The van der Waals surface area contributed by atoms with Gasteiger partial charge in [-0.2, -0.15) is 0 Å². The number of pyridine rings is 1. The van der Waals surface area contributed by atoms with E-state index in [0.29, 0.717) is 0 Å². The second-order valence-electron chi connectivity index (χ2n) is 4.31. The van der Waals surface area contributed by atoms with Crippen molar-refractivity contribution in [3.63, 3.8) is 0 Å². The van der Waals surface area contributed by atoms with Crippen LogP contribution >= 0.6 is 0 Å². The van der Waals surface area contributed by atoms with Crippen molar-refractivity contribution in [2.75, 3.05) is 25.0 Å². The highest BCUT2D eigenvalue weighted by atomic mass is 15.0. The summed E-state index contributed by atoms with van der Waals surface area (Å²) in [6.45, 7) is 5.41. The molecule has 82 valence electrons. The lowest BCUT2D eigenvalue weighted by Crippen LogP contribution is -2.33. The van der Waals surface area contributed by atoms with Crippen molar-refractivity contribution in [3.05, 3.63) is 23.9 Å². The first kappa shape index (κ1) is 10.4. The van der Waals surface area contributed by atoms with Gasteiger partial charge in [0.05, 0.1) is 0 Å². The summed E-state index contributed by atoms with van der Waals surface area (Å²) in [4.78, 5) is 4.33. The Bertz CT molecular complexity index is 288. The molecule has 2 N–H and O–H groups in total. The molecule has 1 aromatic rings. The van der Waals surface area contributed by atoms with E-state index in [0.717, 1.165) is 24.8 Å². The van der Waals surface area contributed by atoms with E-state index in [1.807, 2.05) is 12.3 Å². The Morgan fingerprint density at radius 3 is 3.13 bits per heavy atom. The number of nitrogens with zero attached hydrogens (tertiary/aromatic N) is 1. The molecule has 2 heterocycles. The normalized spacial score (nSPS) is 21.3. The van der Waals surface area contributed by atoms with Crippen molar-refractivity contribution >= 4 is 5.82 Å². The van der Waals surface area contributed by atoms with Gasteiger partial charge in [0.2, 0.25) is 0 Å². The minimum absolute atomic E-state index is 0.752. The monoisotopic (exact) mass is 205 g/mol. The fourth-order valence-corrected chi connectivity index (χ4v) is 1.92. The third kappa shape index (κ3) is 3.20. The molecule has 0 bridgehead atoms. The van der Waals surface area contributed by atoms with Crippen molar-refractivity contribution in [2.45, 2.75) is 19.8 Å². The van der Waals surface area contributed by atoms with Crippen molar-refractivity contribution < 1.29 is 0 Å². The molecule has 0 saturated carbocycles. The van der Waals surface area contributed by atoms with E-state index >= 15 is 0 Å². The van der Waals surface area contributed by atoms with E-state index in [1.54, 1.807) is 0 Å². The van der Waals surface area contributed by atoms with Crippen LogP contribution in [0.15, 0.2) is 18.3 Å². The molecule has 0 aliphatic carbocycles. The highest BCUT2D eigenvalue weighted by Crippen LogP contribution is 2.11. The maximum absolute atomic E-state index is 4.33. The lowest BCUT2D eigenvalue weighted by molar-refractivity contribution is 0.392. The zero-order valence-electron chi connectivity index (χ0n) is 9.29. The SMILES string of the molecule is Cc1ccc(NC[C@@H]2CCCNC2)nc1. The summed E-state index contributed by atoms with van der Waals surface area (Å²) in [5.74, 6) is 1.74. The summed E-state index contributed by atoms with van der Waals surface area (Å²) < 4.78 is 0. The van der Waals surface area contributed by atoms with Crippen LogP contribution in [0.25, 0.3) is 0 Å². The molecule has 3 heteroatoms. The number of piperidine rings is 1. The number of nitrogens with one attached hydrogen (secondary N) is 2. The highest BCUT2D eigenvalue weighted by Gasteiger charge is 2.12. The fourth-order valence-electron chi connectivity index (χ4n) is 1.92. The smallest absolute Gasteiger partial charge is 0.125 e. The highest BCUT2D eigenvalue weighted by molar-refractivity contribution is 5.35. The zero-order valence-corrected chi connectivity index (χ0v) is 9.29. The quantitative estimate of drug-likeness (QED) is 0.790. The van der Waals surface area contributed by atoms with E-state index in [9.17, 15) is 0 Å². The molecule has 1 fully saturated rings. The maximum atomic E-state index is 4.33. The molecular formula is C12H19N3. The van der Waals surface area contributed by atoms with E-state index in [1.165, 1.54) is 24.9 Å². The second kappa shape index (κ2) is 5.12. The van der Waals surface area contributed by atoms with Crippen LogP contribution in [0.5, 0.6) is 0 Å². The molecule has 15 heavy (non-hydrogen) atoms. The van der Waals surface area contributed by atoms with E-state index < -0.39 is 0 Å². The minimum Gasteiger partial charge on any atom is -0.370 e. The van der Waals surface area contributed by atoms with Crippen molar-refractivity contribution in [3.8, 4) is 0 Å². The molecule has 0 radical (unpaired) electrons. The average molecular weight is 205 g/mol. The Kier molecular flexibility index (Phi) is 3.56. The van der Waals surface area contributed by atoms with Crippen LogP contribution in [0.2, 0.25) is 0 Å². The molecule has 0 spiro atoms. The zero-order chi connectivity index (χ0) is 10.5. The van der Waals surface area contributed by atoms with Gasteiger partial charge in [-0.1, -0.05) is 6.07 Å². The van der Waals surface area contributed by atoms with Gasteiger partial charge in [0, 0.05) is 12.7 Å². The van der Waals surface area contributed by atoms with Gasteiger partial charge >= 0.3 is 0 Å². The molecule has 1 saturated heterocycles. The van der Waals surface area contributed by atoms with Crippen LogP contribution in [-0.2, 0) is 0 Å². The number of anilines is 1. The first-order valence-corrected chi connectivity index (χ1v) is 5.72. The predicted molar refractivity (Wildman–Crippen MR) is 63.1 cm³/mol. The van der Waals surface area contributed by atoms with Gasteiger partial charge in [-0.3, -0.25) is 0 Å². The Morgan fingerprint density at radius 1 is 1.53 bits per heavy atom. The van der Waals surface area contributed by atoms with Crippen LogP contribution in [0.3, 0.4) is 0 Å². The molecular weight excluding hydrogens is 186 g/mol. The van der Waals surface area contributed by atoms with Crippen molar-refractivity contribution in [1.29, 1.82) is 0 Å². The molecule has 1 atom stereocenters. The topological polar surface area (TPSA) is 37.0 Å². The van der Waals surface area contributed by atoms with E-state index in [-0.39, 0.29) is 0 Å². The molecule has 1 aliphatic heterocycles. The third-order valence-corrected chi connectivity index (χ3v) is 2.88. The molecule has 0 aromatic carbocycles. The molecule has 0 amide bonds. The van der Waals surface area contributed by atoms with Crippen molar-refractivity contribution in [1.82, 2.24) is 10.3 Å². The summed E-state index contributed by atoms with van der Waals surface area (Å²) in [6.07, 6.45) is 4.53. The van der Waals surface area contributed by atoms with Gasteiger partial charge in [0.25, 0.3) is 0 Å². The number of aromatic nitrogens is 1. The molecule has 1 aliphatic rings. The predicted octanol–water partition coefficient (Wildman–Crippen LogP) is 1.80. The summed E-state index contributed by atoms with van der Waals surface area (Å²) in [6, 6.07) is 4.14. The lowest BCUT2D eigenvalue weighted by atomic mass is 10.00. The average Bonchev–Trinajstić information content (AvgIpc) is 2.30. The first-order chi connectivity index (χ1) is 7.34. The van der Waals surface area contributed by atoms with E-state index in [4.69, 9.17) is 0 Å². The molecule has 1 aromatic heterocycles. The van der Waals surface area contributed by atoms with E-state index in [2.05, 4.69) is 28.6 Å². The Labute approximate surface area is 91.3 Å². The van der Waals surface area contributed by atoms with Crippen LogP contribution in [0.4, 0.5) is 5.82 Å². The van der Waals surface area contributed by atoms with Gasteiger partial charge in [0.15, 0.2) is 0 Å².